The Morgan fingerprint density at radius 1 is 1.06 bits per heavy atom. The molecule has 1 aliphatic heterocycles. The first-order chi connectivity index (χ1) is 15.7. The number of hydroxylamine groups is 1. The standard InChI is InChI=1S/C26H33N3O3/c30-18-21-5-7-22(8-6-21)24-16-25(24)27-17-20-11-14-29(15-12-20)13-1-2-19-3-9-23(10-4-19)26(31)28-32/h3-10,18,20,24-25,27,32H,1-2,11-17H2,(H,28,31). The van der Waals surface area contributed by atoms with Crippen LogP contribution < -0.4 is 10.8 Å². The molecule has 0 bridgehead atoms. The minimum Gasteiger partial charge on any atom is -0.313 e. The van der Waals surface area contributed by atoms with Crippen molar-refractivity contribution in [2.75, 3.05) is 26.2 Å². The molecule has 2 aliphatic rings. The summed E-state index contributed by atoms with van der Waals surface area (Å²) in [5, 5.41) is 12.4. The normalized spacial score (nSPS) is 21.3. The number of rotatable bonds is 10. The van der Waals surface area contributed by atoms with Gasteiger partial charge in [-0.2, -0.15) is 0 Å². The van der Waals surface area contributed by atoms with E-state index in [0.717, 1.165) is 43.7 Å². The number of piperidine rings is 1. The lowest BCUT2D eigenvalue weighted by molar-refractivity contribution is 0.0706. The van der Waals surface area contributed by atoms with Crippen LogP contribution >= 0.6 is 0 Å². The third kappa shape index (κ3) is 6.03. The minimum absolute atomic E-state index is 0.472. The maximum Gasteiger partial charge on any atom is 0.274 e. The van der Waals surface area contributed by atoms with Gasteiger partial charge >= 0.3 is 0 Å². The molecular weight excluding hydrogens is 402 g/mol. The Kier molecular flexibility index (Phi) is 7.68. The van der Waals surface area contributed by atoms with Crippen molar-refractivity contribution in [2.45, 2.75) is 44.1 Å². The smallest absolute Gasteiger partial charge is 0.274 e. The van der Waals surface area contributed by atoms with Gasteiger partial charge in [-0.15, -0.1) is 0 Å². The van der Waals surface area contributed by atoms with Crippen molar-refractivity contribution < 1.29 is 14.8 Å². The number of nitrogens with zero attached hydrogens (tertiary/aromatic N) is 1. The van der Waals surface area contributed by atoms with Crippen LogP contribution in [-0.2, 0) is 6.42 Å². The average molecular weight is 436 g/mol. The molecule has 2 aromatic rings. The highest BCUT2D eigenvalue weighted by Gasteiger charge is 2.38. The van der Waals surface area contributed by atoms with Gasteiger partial charge in [0.25, 0.3) is 5.91 Å². The quantitative estimate of drug-likeness (QED) is 0.303. The molecule has 1 aliphatic carbocycles. The number of carbonyl (C=O) groups is 2. The molecule has 32 heavy (non-hydrogen) atoms. The highest BCUT2D eigenvalue weighted by Crippen LogP contribution is 2.41. The van der Waals surface area contributed by atoms with E-state index >= 15 is 0 Å². The molecule has 4 rings (SSSR count). The van der Waals surface area contributed by atoms with Crippen LogP contribution in [0.25, 0.3) is 0 Å². The fraction of sp³-hybridized carbons (Fsp3) is 0.462. The monoisotopic (exact) mass is 435 g/mol. The van der Waals surface area contributed by atoms with E-state index in [9.17, 15) is 9.59 Å². The molecule has 0 spiro atoms. The van der Waals surface area contributed by atoms with Crippen molar-refractivity contribution in [2.24, 2.45) is 5.92 Å². The van der Waals surface area contributed by atoms with E-state index in [1.807, 2.05) is 24.3 Å². The summed E-state index contributed by atoms with van der Waals surface area (Å²) in [5.74, 6) is 0.886. The Morgan fingerprint density at radius 3 is 2.44 bits per heavy atom. The summed E-state index contributed by atoms with van der Waals surface area (Å²) in [6, 6.07) is 16.0. The largest absolute Gasteiger partial charge is 0.313 e. The molecule has 1 saturated heterocycles. The summed E-state index contributed by atoms with van der Waals surface area (Å²) in [6.45, 7) is 4.56. The zero-order chi connectivity index (χ0) is 22.3. The van der Waals surface area contributed by atoms with Crippen molar-refractivity contribution >= 4 is 12.2 Å². The topological polar surface area (TPSA) is 81.7 Å². The fourth-order valence-electron chi connectivity index (χ4n) is 4.74. The van der Waals surface area contributed by atoms with E-state index in [4.69, 9.17) is 5.21 Å². The van der Waals surface area contributed by atoms with Crippen LogP contribution in [0.1, 0.15) is 63.4 Å². The second-order valence-corrected chi connectivity index (χ2v) is 9.17. The lowest BCUT2D eigenvalue weighted by Crippen LogP contribution is -2.38. The molecule has 6 heteroatoms. The van der Waals surface area contributed by atoms with Crippen molar-refractivity contribution in [1.29, 1.82) is 0 Å². The van der Waals surface area contributed by atoms with Crippen molar-refractivity contribution in [1.82, 2.24) is 15.7 Å². The Balaban J connectivity index is 1.09. The Bertz CT molecular complexity index is 890. The van der Waals surface area contributed by atoms with Gasteiger partial charge in [0.2, 0.25) is 0 Å². The lowest BCUT2D eigenvalue weighted by Gasteiger charge is -2.32. The van der Waals surface area contributed by atoms with E-state index in [-0.39, 0.29) is 0 Å². The number of likely N-dealkylation sites (tertiary alicyclic amines) is 1. The third-order valence-electron chi connectivity index (χ3n) is 6.92. The zero-order valence-electron chi connectivity index (χ0n) is 18.5. The van der Waals surface area contributed by atoms with Gasteiger partial charge in [-0.1, -0.05) is 36.4 Å². The number of aryl methyl sites for hydroxylation is 1. The molecule has 170 valence electrons. The predicted octanol–water partition coefficient (Wildman–Crippen LogP) is 3.41. The minimum atomic E-state index is -0.473. The highest BCUT2D eigenvalue weighted by molar-refractivity contribution is 5.93. The Morgan fingerprint density at radius 2 is 1.78 bits per heavy atom. The number of benzene rings is 2. The van der Waals surface area contributed by atoms with E-state index in [1.165, 1.54) is 43.5 Å². The number of hydrogen-bond donors (Lipinski definition) is 3. The van der Waals surface area contributed by atoms with E-state index in [0.29, 0.717) is 17.5 Å². The molecule has 2 aromatic carbocycles. The first kappa shape index (κ1) is 22.6. The van der Waals surface area contributed by atoms with E-state index in [1.54, 1.807) is 17.6 Å². The van der Waals surface area contributed by atoms with Gasteiger partial charge in [0, 0.05) is 23.1 Å². The number of amides is 1. The van der Waals surface area contributed by atoms with Gasteiger partial charge in [0.15, 0.2) is 0 Å². The summed E-state index contributed by atoms with van der Waals surface area (Å²) in [5.41, 5.74) is 5.44. The molecule has 2 fully saturated rings. The second kappa shape index (κ2) is 10.9. The maximum absolute atomic E-state index is 11.4. The number of carbonyl (C=O) groups excluding carboxylic acids is 2. The molecular formula is C26H33N3O3. The van der Waals surface area contributed by atoms with Gasteiger partial charge < -0.3 is 10.2 Å². The molecule has 6 nitrogen and oxygen atoms in total. The van der Waals surface area contributed by atoms with Crippen LogP contribution in [0.4, 0.5) is 0 Å². The lowest BCUT2D eigenvalue weighted by atomic mass is 9.96. The number of nitrogens with one attached hydrogen (secondary N) is 2. The van der Waals surface area contributed by atoms with Crippen molar-refractivity contribution in [3.63, 3.8) is 0 Å². The van der Waals surface area contributed by atoms with Crippen LogP contribution in [0, 0.1) is 5.92 Å². The van der Waals surface area contributed by atoms with E-state index < -0.39 is 5.91 Å². The van der Waals surface area contributed by atoms with Crippen molar-refractivity contribution in [3.05, 3.63) is 70.8 Å². The molecule has 3 N–H and O–H groups in total. The van der Waals surface area contributed by atoms with Gasteiger partial charge in [-0.05, 0) is 87.5 Å². The SMILES string of the molecule is O=Cc1ccc(C2CC2NCC2CCN(CCCc3ccc(C(=O)NO)cc3)CC2)cc1. The fourth-order valence-corrected chi connectivity index (χ4v) is 4.74. The van der Waals surface area contributed by atoms with Crippen molar-refractivity contribution in [3.8, 4) is 0 Å². The molecule has 0 aromatic heterocycles. The Labute approximate surface area is 190 Å². The van der Waals surface area contributed by atoms with Gasteiger partial charge in [0.1, 0.15) is 6.29 Å². The first-order valence-electron chi connectivity index (χ1n) is 11.7. The predicted molar refractivity (Wildman–Crippen MR) is 124 cm³/mol. The maximum atomic E-state index is 11.4. The summed E-state index contributed by atoms with van der Waals surface area (Å²) in [7, 11) is 0. The third-order valence-corrected chi connectivity index (χ3v) is 6.92. The van der Waals surface area contributed by atoms with Crippen LogP contribution in [0.15, 0.2) is 48.5 Å². The van der Waals surface area contributed by atoms with Crippen LogP contribution in [0.2, 0.25) is 0 Å². The summed E-state index contributed by atoms with van der Waals surface area (Å²) >= 11 is 0. The van der Waals surface area contributed by atoms with Crippen LogP contribution in [-0.4, -0.2) is 54.5 Å². The van der Waals surface area contributed by atoms with Crippen LogP contribution in [0.5, 0.6) is 0 Å². The molecule has 1 saturated carbocycles. The van der Waals surface area contributed by atoms with Gasteiger partial charge in [-0.25, -0.2) is 5.48 Å². The molecule has 1 amide bonds. The second-order valence-electron chi connectivity index (χ2n) is 9.17. The van der Waals surface area contributed by atoms with Gasteiger partial charge in [0.05, 0.1) is 0 Å². The Hall–Kier alpha value is -2.54. The first-order valence-corrected chi connectivity index (χ1v) is 11.7. The van der Waals surface area contributed by atoms with Crippen LogP contribution in [0.3, 0.4) is 0 Å². The summed E-state index contributed by atoms with van der Waals surface area (Å²) < 4.78 is 0. The van der Waals surface area contributed by atoms with Gasteiger partial charge in [-0.3, -0.25) is 14.8 Å². The average Bonchev–Trinajstić information content (AvgIpc) is 3.63. The zero-order valence-corrected chi connectivity index (χ0v) is 18.5. The molecule has 2 unspecified atom stereocenters. The summed E-state index contributed by atoms with van der Waals surface area (Å²) in [6.07, 6.45) is 6.72. The number of aldehydes is 1. The summed E-state index contributed by atoms with van der Waals surface area (Å²) in [4.78, 5) is 24.7. The van der Waals surface area contributed by atoms with E-state index in [2.05, 4.69) is 22.3 Å². The molecule has 2 atom stereocenters. The number of hydrogen-bond acceptors (Lipinski definition) is 5. The molecule has 1 heterocycles. The highest BCUT2D eigenvalue weighted by atomic mass is 16.5. The molecule has 0 radical (unpaired) electrons.